The molecule has 0 aliphatic carbocycles. The molecule has 0 fully saturated rings. The van der Waals surface area contributed by atoms with Gasteiger partial charge in [0.15, 0.2) is 6.10 Å². The molecule has 0 aromatic heterocycles. The molecule has 3 atom stereocenters. The zero-order valence-corrected chi connectivity index (χ0v) is 21.0. The van der Waals surface area contributed by atoms with E-state index in [9.17, 15) is 24.2 Å². The van der Waals surface area contributed by atoms with Crippen molar-refractivity contribution in [3.05, 3.63) is 0 Å². The van der Waals surface area contributed by atoms with E-state index in [0.29, 0.717) is 12.8 Å². The highest BCUT2D eigenvalue weighted by Crippen LogP contribution is 2.43. The smallest absolute Gasteiger partial charge is 0.462 e. The number of carbonyl (C=O) groups excluding carboxylic acids is 2. The Morgan fingerprint density at radius 2 is 1.30 bits per heavy atom. The number of phosphoric acid groups is 1. The zero-order chi connectivity index (χ0) is 25.0. The maximum absolute atomic E-state index is 12.0. The van der Waals surface area contributed by atoms with Gasteiger partial charge >= 0.3 is 19.8 Å². The topological polar surface area (TPSA) is 149 Å². The van der Waals surface area contributed by atoms with Crippen LogP contribution in [-0.4, -0.2) is 65.7 Å². The summed E-state index contributed by atoms with van der Waals surface area (Å²) in [5, 5.41) is 18.0. The van der Waals surface area contributed by atoms with Crippen LogP contribution in [0.25, 0.3) is 0 Å². The number of unbranched alkanes of at least 4 members (excludes halogenated alkanes) is 8. The van der Waals surface area contributed by atoms with Crippen molar-refractivity contribution in [2.45, 2.75) is 103 Å². The highest BCUT2D eigenvalue weighted by molar-refractivity contribution is 7.47. The number of aliphatic hydroxyl groups excluding tert-OH is 2. The van der Waals surface area contributed by atoms with Gasteiger partial charge in [0.05, 0.1) is 19.8 Å². The molecule has 196 valence electrons. The molecule has 1 unspecified atom stereocenters. The van der Waals surface area contributed by atoms with Crippen molar-refractivity contribution in [1.82, 2.24) is 0 Å². The molecular weight excluding hydrogens is 455 g/mol. The van der Waals surface area contributed by atoms with Gasteiger partial charge in [-0.15, -0.1) is 0 Å². The SMILES string of the molecule is CCCCCCCCCC(=O)OC[C@@H](COP(=O)(O)OC[C@H](O)CO)OC(=O)CCCCC. The van der Waals surface area contributed by atoms with Crippen molar-refractivity contribution < 1.29 is 47.8 Å². The van der Waals surface area contributed by atoms with Crippen LogP contribution in [0, 0.1) is 0 Å². The number of phosphoric ester groups is 1. The Kier molecular flexibility index (Phi) is 19.7. The van der Waals surface area contributed by atoms with E-state index in [1.165, 1.54) is 19.3 Å². The molecule has 0 rings (SSSR count). The summed E-state index contributed by atoms with van der Waals surface area (Å²) in [4.78, 5) is 33.7. The van der Waals surface area contributed by atoms with Gasteiger partial charge in [-0.2, -0.15) is 0 Å². The summed E-state index contributed by atoms with van der Waals surface area (Å²) < 4.78 is 31.7. The van der Waals surface area contributed by atoms with Crippen molar-refractivity contribution in [2.75, 3.05) is 26.4 Å². The zero-order valence-electron chi connectivity index (χ0n) is 20.1. The monoisotopic (exact) mass is 498 g/mol. The van der Waals surface area contributed by atoms with Gasteiger partial charge in [0, 0.05) is 12.8 Å². The molecule has 11 heteroatoms. The minimum absolute atomic E-state index is 0.173. The average Bonchev–Trinajstić information content (AvgIpc) is 2.78. The van der Waals surface area contributed by atoms with Crippen LogP contribution in [-0.2, 0) is 32.7 Å². The first-order valence-corrected chi connectivity index (χ1v) is 13.5. The second kappa shape index (κ2) is 20.4. The third-order valence-corrected chi connectivity index (χ3v) is 5.71. The number of rotatable bonds is 22. The lowest BCUT2D eigenvalue weighted by atomic mass is 10.1. The normalized spacial score (nSPS) is 14.9. The highest BCUT2D eigenvalue weighted by Gasteiger charge is 2.27. The van der Waals surface area contributed by atoms with E-state index in [4.69, 9.17) is 19.1 Å². The Morgan fingerprint density at radius 3 is 1.94 bits per heavy atom. The molecule has 0 saturated heterocycles. The van der Waals surface area contributed by atoms with Crippen molar-refractivity contribution in [3.63, 3.8) is 0 Å². The predicted molar refractivity (Wildman–Crippen MR) is 122 cm³/mol. The lowest BCUT2D eigenvalue weighted by Crippen LogP contribution is -2.29. The molecule has 0 aliphatic heterocycles. The number of aliphatic hydroxyl groups is 2. The van der Waals surface area contributed by atoms with Gasteiger partial charge in [-0.3, -0.25) is 18.6 Å². The first-order valence-electron chi connectivity index (χ1n) is 12.0. The second-order valence-corrected chi connectivity index (χ2v) is 9.47. The molecule has 0 saturated carbocycles. The Hall–Kier alpha value is -1.03. The summed E-state index contributed by atoms with van der Waals surface area (Å²) in [6, 6.07) is 0. The first-order chi connectivity index (χ1) is 15.7. The molecule has 0 aliphatic rings. The third kappa shape index (κ3) is 20.1. The summed E-state index contributed by atoms with van der Waals surface area (Å²) in [7, 11) is -4.57. The third-order valence-electron chi connectivity index (χ3n) is 4.76. The van der Waals surface area contributed by atoms with Crippen LogP contribution in [0.15, 0.2) is 0 Å². The highest BCUT2D eigenvalue weighted by atomic mass is 31.2. The molecule has 0 bridgehead atoms. The van der Waals surface area contributed by atoms with E-state index in [-0.39, 0.29) is 19.4 Å². The van der Waals surface area contributed by atoms with E-state index >= 15 is 0 Å². The van der Waals surface area contributed by atoms with Crippen LogP contribution in [0.3, 0.4) is 0 Å². The number of esters is 2. The fourth-order valence-electron chi connectivity index (χ4n) is 2.81. The molecule has 0 spiro atoms. The summed E-state index contributed by atoms with van der Waals surface area (Å²) in [5.41, 5.74) is 0. The fraction of sp³-hybridized carbons (Fsp3) is 0.909. The summed E-state index contributed by atoms with van der Waals surface area (Å²) >= 11 is 0. The molecule has 33 heavy (non-hydrogen) atoms. The summed E-state index contributed by atoms with van der Waals surface area (Å²) in [5.74, 6) is -0.963. The van der Waals surface area contributed by atoms with Crippen LogP contribution >= 0.6 is 7.82 Å². The van der Waals surface area contributed by atoms with E-state index in [2.05, 4.69) is 11.4 Å². The van der Waals surface area contributed by atoms with Crippen LogP contribution in [0.5, 0.6) is 0 Å². The lowest BCUT2D eigenvalue weighted by molar-refractivity contribution is -0.161. The minimum Gasteiger partial charge on any atom is -0.462 e. The average molecular weight is 499 g/mol. The molecule has 10 nitrogen and oxygen atoms in total. The summed E-state index contributed by atoms with van der Waals surface area (Å²) in [6.07, 6.45) is 7.88. The van der Waals surface area contributed by atoms with Gasteiger partial charge in [-0.1, -0.05) is 65.2 Å². The maximum atomic E-state index is 12.0. The van der Waals surface area contributed by atoms with Crippen LogP contribution in [0.4, 0.5) is 0 Å². The van der Waals surface area contributed by atoms with Gasteiger partial charge in [0.1, 0.15) is 12.7 Å². The van der Waals surface area contributed by atoms with E-state index in [1.807, 2.05) is 6.92 Å². The van der Waals surface area contributed by atoms with E-state index in [0.717, 1.165) is 32.1 Å². The predicted octanol–water partition coefficient (Wildman–Crippen LogP) is 3.65. The number of carbonyl (C=O) groups is 2. The second-order valence-electron chi connectivity index (χ2n) is 8.02. The van der Waals surface area contributed by atoms with Gasteiger partial charge < -0.3 is 24.6 Å². The molecule has 0 amide bonds. The standard InChI is InChI=1S/C22H43O10P/c1-3-5-7-8-9-10-12-13-21(25)29-17-20(32-22(26)14-11-6-4-2)18-31-33(27,28)30-16-19(24)15-23/h19-20,23-24H,3-18H2,1-2H3,(H,27,28)/t19-,20+/m1/s1. The fourth-order valence-corrected chi connectivity index (χ4v) is 3.60. The van der Waals surface area contributed by atoms with Crippen molar-refractivity contribution in [2.24, 2.45) is 0 Å². The Labute approximate surface area is 197 Å². The van der Waals surface area contributed by atoms with Crippen molar-refractivity contribution >= 4 is 19.8 Å². The Morgan fingerprint density at radius 1 is 0.788 bits per heavy atom. The molecule has 3 N–H and O–H groups in total. The van der Waals surface area contributed by atoms with Crippen molar-refractivity contribution in [1.29, 1.82) is 0 Å². The quantitative estimate of drug-likeness (QED) is 0.115. The number of ether oxygens (including phenoxy) is 2. The van der Waals surface area contributed by atoms with Crippen molar-refractivity contribution in [3.8, 4) is 0 Å². The lowest BCUT2D eigenvalue weighted by Gasteiger charge is -2.20. The largest absolute Gasteiger partial charge is 0.472 e. The Bertz CT molecular complexity index is 557. The van der Waals surface area contributed by atoms with Crippen LogP contribution < -0.4 is 0 Å². The van der Waals surface area contributed by atoms with Gasteiger partial charge in [0.2, 0.25) is 0 Å². The first kappa shape index (κ1) is 32.0. The van der Waals surface area contributed by atoms with E-state index in [1.54, 1.807) is 0 Å². The molecule has 0 aromatic rings. The van der Waals surface area contributed by atoms with Gasteiger partial charge in [-0.05, 0) is 12.8 Å². The number of hydrogen-bond acceptors (Lipinski definition) is 9. The van der Waals surface area contributed by atoms with Gasteiger partial charge in [-0.25, -0.2) is 4.57 Å². The van der Waals surface area contributed by atoms with Crippen LogP contribution in [0.1, 0.15) is 90.9 Å². The number of hydrogen-bond donors (Lipinski definition) is 3. The molecule has 0 aromatic carbocycles. The van der Waals surface area contributed by atoms with E-state index < -0.39 is 51.8 Å². The molecule has 0 radical (unpaired) electrons. The molecule has 0 heterocycles. The summed E-state index contributed by atoms with van der Waals surface area (Å²) in [6.45, 7) is 2.05. The minimum atomic E-state index is -4.57. The van der Waals surface area contributed by atoms with Gasteiger partial charge in [0.25, 0.3) is 0 Å². The Balaban J connectivity index is 4.50. The molecular formula is C22H43O10P. The van der Waals surface area contributed by atoms with Crippen LogP contribution in [0.2, 0.25) is 0 Å². The maximum Gasteiger partial charge on any atom is 0.472 e.